The van der Waals surface area contributed by atoms with Gasteiger partial charge in [-0.05, 0) is 36.5 Å². The number of rotatable bonds is 7. The van der Waals surface area contributed by atoms with Gasteiger partial charge in [-0.1, -0.05) is 56.5 Å². The maximum Gasteiger partial charge on any atom is 0.246 e. The minimum atomic E-state index is -1.18. The molecule has 4 aliphatic rings. The number of hydrogen-bond acceptors (Lipinski definition) is 5. The van der Waals surface area contributed by atoms with E-state index in [-0.39, 0.29) is 36.9 Å². The Kier molecular flexibility index (Phi) is 6.87. The molecule has 8 nitrogen and oxygen atoms in total. The smallest absolute Gasteiger partial charge is 0.246 e. The SMILES string of the molecule is COCCN1C(=O)[C@H]2[C@H](C(=O)Nc3cccc(Cl)c3)[C@H]3C=C[C@@]2(O3)[C@@H]1C(=O)N[C@@H]1CCC[C@@H](C)[C@@H]1C. The monoisotopic (exact) mass is 515 g/mol. The summed E-state index contributed by atoms with van der Waals surface area (Å²) in [6, 6.07) is 6.05. The van der Waals surface area contributed by atoms with Crippen LogP contribution in [-0.2, 0) is 23.9 Å². The Bertz CT molecular complexity index is 1080. The molecule has 2 bridgehead atoms. The third kappa shape index (κ3) is 4.13. The summed E-state index contributed by atoms with van der Waals surface area (Å²) in [4.78, 5) is 42.6. The molecule has 8 atom stereocenters. The third-order valence-electron chi connectivity index (χ3n) is 8.59. The Morgan fingerprint density at radius 2 is 2.06 bits per heavy atom. The summed E-state index contributed by atoms with van der Waals surface area (Å²) in [5, 5.41) is 6.63. The molecule has 3 heterocycles. The molecule has 3 fully saturated rings. The number of methoxy groups -OCH3 is 1. The maximum absolute atomic E-state index is 13.8. The zero-order valence-electron chi connectivity index (χ0n) is 20.9. The molecule has 9 heteroatoms. The normalized spacial score (nSPS) is 36.7. The summed E-state index contributed by atoms with van der Waals surface area (Å²) in [6.45, 7) is 4.91. The summed E-state index contributed by atoms with van der Waals surface area (Å²) in [6.07, 6.45) is 6.19. The van der Waals surface area contributed by atoms with E-state index in [9.17, 15) is 14.4 Å². The number of nitrogens with zero attached hydrogens (tertiary/aromatic N) is 1. The van der Waals surface area contributed by atoms with Crippen molar-refractivity contribution in [2.24, 2.45) is 23.7 Å². The fraction of sp³-hybridized carbons (Fsp3) is 0.593. The summed E-state index contributed by atoms with van der Waals surface area (Å²) < 4.78 is 11.6. The average molecular weight is 516 g/mol. The zero-order chi connectivity index (χ0) is 25.6. The lowest BCUT2D eigenvalue weighted by atomic mass is 9.73. The van der Waals surface area contributed by atoms with Crippen molar-refractivity contribution in [2.45, 2.75) is 56.9 Å². The Balaban J connectivity index is 1.43. The van der Waals surface area contributed by atoms with Crippen molar-refractivity contribution in [1.29, 1.82) is 0 Å². The van der Waals surface area contributed by atoms with Gasteiger partial charge >= 0.3 is 0 Å². The standard InChI is InChI=1S/C27H34ClN3O5/c1-15-6-4-9-19(16(15)2)30-25(33)23-27-11-10-20(36-27)21(22(27)26(34)31(23)12-13-35-3)24(32)29-18-8-5-7-17(28)14-18/h5,7-8,10-11,14-16,19-23H,4,6,9,12-13H2,1-3H3,(H,29,32)(H,30,33)/t15-,16+,19-,20-,21-,22-,23+,27+/m1/s1. The average Bonchev–Trinajstić information content (AvgIpc) is 3.48. The Hall–Kier alpha value is -2.42. The van der Waals surface area contributed by atoms with Gasteiger partial charge in [0.25, 0.3) is 0 Å². The first kappa shape index (κ1) is 25.2. The van der Waals surface area contributed by atoms with Crippen LogP contribution in [0.5, 0.6) is 0 Å². The molecule has 0 aromatic heterocycles. The molecular formula is C27H34ClN3O5. The Labute approximate surface area is 216 Å². The molecule has 0 radical (unpaired) electrons. The van der Waals surface area contributed by atoms with E-state index in [1.165, 1.54) is 0 Å². The molecule has 1 spiro atoms. The molecule has 3 aliphatic heterocycles. The number of anilines is 1. The second-order valence-electron chi connectivity index (χ2n) is 10.6. The van der Waals surface area contributed by atoms with Crippen molar-refractivity contribution < 1.29 is 23.9 Å². The lowest BCUT2D eigenvalue weighted by molar-refractivity contribution is -0.142. The largest absolute Gasteiger partial charge is 0.383 e. The Morgan fingerprint density at radius 1 is 1.25 bits per heavy atom. The van der Waals surface area contributed by atoms with Gasteiger partial charge in [0.1, 0.15) is 11.6 Å². The molecule has 2 N–H and O–H groups in total. The van der Waals surface area contributed by atoms with Crippen LogP contribution in [0.1, 0.15) is 33.1 Å². The number of fused-ring (bicyclic) bond motifs is 1. The van der Waals surface area contributed by atoms with Crippen LogP contribution in [0.4, 0.5) is 5.69 Å². The molecule has 3 amide bonds. The fourth-order valence-corrected chi connectivity index (χ4v) is 6.73. The molecule has 5 rings (SSSR count). The van der Waals surface area contributed by atoms with Crippen LogP contribution in [0.25, 0.3) is 0 Å². The molecule has 2 saturated heterocycles. The van der Waals surface area contributed by atoms with Gasteiger partial charge in [0.2, 0.25) is 17.7 Å². The van der Waals surface area contributed by atoms with Crippen molar-refractivity contribution in [3.05, 3.63) is 41.4 Å². The van der Waals surface area contributed by atoms with Gasteiger partial charge in [-0.2, -0.15) is 0 Å². The van der Waals surface area contributed by atoms with Gasteiger partial charge in [-0.3, -0.25) is 14.4 Å². The van der Waals surface area contributed by atoms with Gasteiger partial charge in [-0.25, -0.2) is 0 Å². The van der Waals surface area contributed by atoms with Gasteiger partial charge < -0.3 is 25.0 Å². The van der Waals surface area contributed by atoms with E-state index in [1.807, 2.05) is 12.2 Å². The van der Waals surface area contributed by atoms with Crippen LogP contribution in [0, 0.1) is 23.7 Å². The van der Waals surface area contributed by atoms with Crippen molar-refractivity contribution in [3.8, 4) is 0 Å². The van der Waals surface area contributed by atoms with E-state index < -0.39 is 29.6 Å². The van der Waals surface area contributed by atoms with Crippen LogP contribution >= 0.6 is 11.6 Å². The predicted molar refractivity (Wildman–Crippen MR) is 135 cm³/mol. The first-order valence-electron chi connectivity index (χ1n) is 12.8. The van der Waals surface area contributed by atoms with E-state index in [4.69, 9.17) is 21.1 Å². The van der Waals surface area contributed by atoms with Crippen molar-refractivity contribution in [3.63, 3.8) is 0 Å². The van der Waals surface area contributed by atoms with Crippen molar-refractivity contribution >= 4 is 35.0 Å². The lowest BCUT2D eigenvalue weighted by Gasteiger charge is -2.38. The summed E-state index contributed by atoms with van der Waals surface area (Å²) in [7, 11) is 1.56. The highest BCUT2D eigenvalue weighted by molar-refractivity contribution is 6.30. The fourth-order valence-electron chi connectivity index (χ4n) is 6.54. The molecule has 1 saturated carbocycles. The van der Waals surface area contributed by atoms with Gasteiger partial charge in [-0.15, -0.1) is 0 Å². The Morgan fingerprint density at radius 3 is 2.81 bits per heavy atom. The van der Waals surface area contributed by atoms with Crippen LogP contribution in [0.3, 0.4) is 0 Å². The number of hydrogen-bond donors (Lipinski definition) is 2. The number of likely N-dealkylation sites (tertiary alicyclic amines) is 1. The summed E-state index contributed by atoms with van der Waals surface area (Å²) >= 11 is 6.08. The quantitative estimate of drug-likeness (QED) is 0.544. The molecule has 194 valence electrons. The highest BCUT2D eigenvalue weighted by Gasteiger charge is 2.72. The number of ether oxygens (including phenoxy) is 2. The highest BCUT2D eigenvalue weighted by Crippen LogP contribution is 2.55. The first-order valence-corrected chi connectivity index (χ1v) is 13.2. The van der Waals surface area contributed by atoms with E-state index in [2.05, 4.69) is 24.5 Å². The second kappa shape index (κ2) is 9.80. The second-order valence-corrected chi connectivity index (χ2v) is 11.0. The van der Waals surface area contributed by atoms with Crippen LogP contribution in [-0.4, -0.2) is 66.7 Å². The van der Waals surface area contributed by atoms with E-state index in [1.54, 1.807) is 36.3 Å². The number of carbonyl (C=O) groups excluding carboxylic acids is 3. The molecule has 1 aromatic carbocycles. The summed E-state index contributed by atoms with van der Waals surface area (Å²) in [5.74, 6) is -1.49. The van der Waals surface area contributed by atoms with Crippen LogP contribution in [0.2, 0.25) is 5.02 Å². The highest BCUT2D eigenvalue weighted by atomic mass is 35.5. The molecule has 36 heavy (non-hydrogen) atoms. The maximum atomic E-state index is 13.8. The number of nitrogens with one attached hydrogen (secondary N) is 2. The number of amides is 3. The lowest BCUT2D eigenvalue weighted by Crippen LogP contribution is -2.58. The zero-order valence-corrected chi connectivity index (χ0v) is 21.7. The van der Waals surface area contributed by atoms with Crippen LogP contribution < -0.4 is 10.6 Å². The van der Waals surface area contributed by atoms with Gasteiger partial charge in [0.15, 0.2) is 0 Å². The van der Waals surface area contributed by atoms with E-state index in [0.717, 1.165) is 19.3 Å². The van der Waals surface area contributed by atoms with Crippen molar-refractivity contribution in [2.75, 3.05) is 25.6 Å². The number of carbonyl (C=O) groups is 3. The number of halogens is 1. The van der Waals surface area contributed by atoms with Gasteiger partial charge in [0, 0.05) is 30.4 Å². The molecular weight excluding hydrogens is 482 g/mol. The third-order valence-corrected chi connectivity index (χ3v) is 8.82. The molecule has 0 unspecified atom stereocenters. The van der Waals surface area contributed by atoms with Crippen molar-refractivity contribution in [1.82, 2.24) is 10.2 Å². The number of benzene rings is 1. The topological polar surface area (TPSA) is 97.0 Å². The predicted octanol–water partition coefficient (Wildman–Crippen LogP) is 3.02. The molecule has 1 aliphatic carbocycles. The minimum Gasteiger partial charge on any atom is -0.383 e. The van der Waals surface area contributed by atoms with E-state index in [0.29, 0.717) is 22.5 Å². The van der Waals surface area contributed by atoms with Gasteiger partial charge in [0.05, 0.1) is 24.5 Å². The summed E-state index contributed by atoms with van der Waals surface area (Å²) in [5.41, 5.74) is -0.635. The molecule has 1 aromatic rings. The minimum absolute atomic E-state index is 0.0422. The van der Waals surface area contributed by atoms with Crippen LogP contribution in [0.15, 0.2) is 36.4 Å². The first-order chi connectivity index (χ1) is 17.3. The van der Waals surface area contributed by atoms with E-state index >= 15 is 0 Å².